The number of carbonyl (C=O) groups excluding carboxylic acids is 2. The molecule has 2 aliphatic rings. The minimum absolute atomic E-state index is 0.0457. The monoisotopic (exact) mass is 554 g/mol. The lowest BCUT2D eigenvalue weighted by molar-refractivity contribution is -0.120. The van der Waals surface area contributed by atoms with Crippen LogP contribution >= 0.6 is 11.8 Å². The number of aromatic nitrogens is 1. The maximum Gasteiger partial charge on any atom is 0.280 e. The first-order valence-corrected chi connectivity index (χ1v) is 13.0. The number of anilines is 1. The molecule has 1 aromatic carbocycles. The van der Waals surface area contributed by atoms with Crippen LogP contribution in [-0.2, 0) is 4.79 Å². The second kappa shape index (κ2) is 12.4. The lowest BCUT2D eigenvalue weighted by Gasteiger charge is -2.32. The molecular formula is C27H28F2N6O3S. The molecule has 2 heterocycles. The molecule has 2 N–H and O–H groups in total. The van der Waals surface area contributed by atoms with Gasteiger partial charge in [-0.3, -0.25) is 29.9 Å². The molecule has 1 aliphatic carbocycles. The fraction of sp³-hybridized carbons (Fsp3) is 0.370. The van der Waals surface area contributed by atoms with E-state index >= 15 is 0 Å². The number of methoxy groups -OCH3 is 1. The van der Waals surface area contributed by atoms with E-state index in [0.717, 1.165) is 24.6 Å². The van der Waals surface area contributed by atoms with Gasteiger partial charge in [0.1, 0.15) is 16.5 Å². The molecule has 39 heavy (non-hydrogen) atoms. The molecule has 1 aliphatic heterocycles. The summed E-state index contributed by atoms with van der Waals surface area (Å²) >= 11 is 0.916. The summed E-state index contributed by atoms with van der Waals surface area (Å²) in [5.74, 6) is 5.58. The first kappa shape index (κ1) is 28.2. The highest BCUT2D eigenvalue weighted by Gasteiger charge is 2.26. The number of likely N-dealkylation sites (N-methyl/N-ethyl adjacent to an activating group) is 1. The smallest absolute Gasteiger partial charge is 0.280 e. The number of thioether (sulfide) groups is 1. The van der Waals surface area contributed by atoms with Gasteiger partial charge in [0.25, 0.3) is 12.3 Å². The van der Waals surface area contributed by atoms with Crippen LogP contribution in [0.1, 0.15) is 35.3 Å². The fourth-order valence-electron chi connectivity index (χ4n) is 3.95. The highest BCUT2D eigenvalue weighted by Crippen LogP contribution is 2.37. The van der Waals surface area contributed by atoms with E-state index in [-0.39, 0.29) is 45.1 Å². The average Bonchev–Trinajstić information content (AvgIpc) is 3.75. The molecule has 1 aromatic heterocycles. The van der Waals surface area contributed by atoms with Crippen molar-refractivity contribution >= 4 is 39.5 Å². The van der Waals surface area contributed by atoms with Gasteiger partial charge in [-0.1, -0.05) is 5.92 Å². The third-order valence-corrected chi connectivity index (χ3v) is 6.97. The summed E-state index contributed by atoms with van der Waals surface area (Å²) in [7, 11) is 4.71. The Balaban J connectivity index is 1.71. The molecule has 2 amide bonds. The molecule has 9 nitrogen and oxygen atoms in total. The molecule has 0 atom stereocenters. The van der Waals surface area contributed by atoms with E-state index in [0.29, 0.717) is 24.7 Å². The van der Waals surface area contributed by atoms with Crippen LogP contribution in [0, 0.1) is 23.2 Å². The number of hydrogen-bond acceptors (Lipinski definition) is 8. The minimum Gasteiger partial charge on any atom is -0.494 e. The maximum absolute atomic E-state index is 13.6. The molecule has 12 heteroatoms. The van der Waals surface area contributed by atoms with Crippen molar-refractivity contribution in [2.24, 2.45) is 10.9 Å². The Hall–Kier alpha value is -3.82. The van der Waals surface area contributed by atoms with Crippen molar-refractivity contribution in [2.75, 3.05) is 45.7 Å². The number of alkyl halides is 2. The number of pyridine rings is 1. The number of amidine groups is 1. The Morgan fingerprint density at radius 1 is 1.28 bits per heavy atom. The van der Waals surface area contributed by atoms with Gasteiger partial charge < -0.3 is 15.0 Å². The number of halogens is 2. The highest BCUT2D eigenvalue weighted by molar-refractivity contribution is 8.27. The molecule has 1 saturated carbocycles. The quantitative estimate of drug-likeness (QED) is 0.330. The van der Waals surface area contributed by atoms with Crippen LogP contribution in [0.2, 0.25) is 0 Å². The van der Waals surface area contributed by atoms with Crippen molar-refractivity contribution in [3.05, 3.63) is 41.7 Å². The van der Waals surface area contributed by atoms with Crippen LogP contribution in [-0.4, -0.2) is 72.7 Å². The van der Waals surface area contributed by atoms with Gasteiger partial charge in [0.15, 0.2) is 5.17 Å². The summed E-state index contributed by atoms with van der Waals surface area (Å²) in [6.07, 6.45) is 0.398. The number of nitrogens with one attached hydrogen (secondary N) is 2. The molecule has 204 valence electrons. The van der Waals surface area contributed by atoms with Gasteiger partial charge in [0.05, 0.1) is 19.9 Å². The Labute approximate surface area is 229 Å². The van der Waals surface area contributed by atoms with E-state index in [1.165, 1.54) is 32.5 Å². The predicted molar refractivity (Wildman–Crippen MR) is 148 cm³/mol. The van der Waals surface area contributed by atoms with Crippen molar-refractivity contribution in [1.82, 2.24) is 15.2 Å². The minimum atomic E-state index is -2.84. The van der Waals surface area contributed by atoms with Crippen LogP contribution in [0.4, 0.5) is 14.5 Å². The number of ether oxygens (including phenoxy) is 1. The van der Waals surface area contributed by atoms with Crippen molar-refractivity contribution < 1.29 is 23.1 Å². The van der Waals surface area contributed by atoms with E-state index in [1.54, 1.807) is 17.0 Å². The summed E-state index contributed by atoms with van der Waals surface area (Å²) in [6.45, 7) is 1.32. The number of benzene rings is 1. The van der Waals surface area contributed by atoms with Crippen molar-refractivity contribution in [3.63, 3.8) is 0 Å². The zero-order valence-corrected chi connectivity index (χ0v) is 22.6. The molecule has 0 bridgehead atoms. The summed E-state index contributed by atoms with van der Waals surface area (Å²) < 4.78 is 32.6. The number of carbonyl (C=O) groups is 2. The topological polar surface area (TPSA) is 111 Å². The molecule has 4 rings (SSSR count). The normalized spacial score (nSPS) is 16.1. The third kappa shape index (κ3) is 6.99. The summed E-state index contributed by atoms with van der Waals surface area (Å²) in [5.41, 5.74) is 0.687. The second-order valence-electron chi connectivity index (χ2n) is 9.08. The first-order valence-electron chi connectivity index (χ1n) is 12.2. The van der Waals surface area contributed by atoms with Crippen LogP contribution in [0.25, 0.3) is 11.1 Å². The molecular weight excluding hydrogens is 526 g/mol. The zero-order chi connectivity index (χ0) is 28.1. The first-order chi connectivity index (χ1) is 18.7. The van der Waals surface area contributed by atoms with Crippen molar-refractivity contribution in [2.45, 2.75) is 19.3 Å². The van der Waals surface area contributed by atoms with E-state index < -0.39 is 18.0 Å². The van der Waals surface area contributed by atoms with Gasteiger partial charge in [0, 0.05) is 48.4 Å². The molecule has 0 spiro atoms. The number of amides is 2. The van der Waals surface area contributed by atoms with Gasteiger partial charge in [-0.2, -0.15) is 0 Å². The van der Waals surface area contributed by atoms with Crippen LogP contribution in [0.5, 0.6) is 5.75 Å². The Morgan fingerprint density at radius 2 is 2.05 bits per heavy atom. The third-order valence-electron chi connectivity index (χ3n) is 6.18. The number of aliphatic imine (C=N–C) groups is 1. The molecule has 0 unspecified atom stereocenters. The fourth-order valence-corrected chi connectivity index (χ4v) is 4.48. The standard InChI is InChI=1S/C27H28F2N6O3S/c1-31-27(39-23(30)9-6-16-4-5-16)33-26(37)18-8-7-17(35-11-10-34(2)15-24(35)36)12-19(18)20-13-21(25(28)29)32-14-22(20)38-3/h7-8,12-14,16,25,30H,4-5,10-11,15H2,1-3H3,(H,31,33,37). The van der Waals surface area contributed by atoms with E-state index in [2.05, 4.69) is 27.1 Å². The number of piperazine rings is 1. The SMILES string of the molecule is CN=C(NC(=O)c1ccc(N2CCN(C)CC2=O)cc1-c1cc(C(F)F)ncc1OC)SC(=N)C#CC1CC1. The largest absolute Gasteiger partial charge is 0.494 e. The lowest BCUT2D eigenvalue weighted by atomic mass is 9.97. The molecule has 2 aromatic rings. The zero-order valence-electron chi connectivity index (χ0n) is 21.8. The Morgan fingerprint density at radius 3 is 2.69 bits per heavy atom. The summed E-state index contributed by atoms with van der Waals surface area (Å²) in [4.78, 5) is 37.6. The summed E-state index contributed by atoms with van der Waals surface area (Å²) in [6, 6.07) is 5.97. The predicted octanol–water partition coefficient (Wildman–Crippen LogP) is 3.81. The van der Waals surface area contributed by atoms with Crippen LogP contribution < -0.4 is 15.0 Å². The van der Waals surface area contributed by atoms with Crippen molar-refractivity contribution in [1.29, 1.82) is 5.41 Å². The molecule has 2 fully saturated rings. The number of rotatable bonds is 5. The number of hydrogen-bond donors (Lipinski definition) is 2. The number of nitrogens with zero attached hydrogens (tertiary/aromatic N) is 4. The Bertz CT molecular complexity index is 1380. The van der Waals surface area contributed by atoms with Crippen molar-refractivity contribution in [3.8, 4) is 28.7 Å². The maximum atomic E-state index is 13.6. The summed E-state index contributed by atoms with van der Waals surface area (Å²) in [5, 5.41) is 11.0. The Kier molecular flexibility index (Phi) is 8.93. The van der Waals surface area contributed by atoms with E-state index in [1.807, 2.05) is 11.9 Å². The van der Waals surface area contributed by atoms with E-state index in [9.17, 15) is 18.4 Å². The lowest BCUT2D eigenvalue weighted by Crippen LogP contribution is -2.48. The second-order valence-corrected chi connectivity index (χ2v) is 10.1. The average molecular weight is 555 g/mol. The van der Waals surface area contributed by atoms with E-state index in [4.69, 9.17) is 10.1 Å². The van der Waals surface area contributed by atoms with Gasteiger partial charge in [-0.15, -0.1) is 0 Å². The van der Waals surface area contributed by atoms with Gasteiger partial charge in [-0.05, 0) is 61.8 Å². The van der Waals surface area contributed by atoms with Crippen LogP contribution in [0.15, 0.2) is 35.5 Å². The molecule has 0 radical (unpaired) electrons. The highest BCUT2D eigenvalue weighted by atomic mass is 32.2. The van der Waals surface area contributed by atoms with Crippen LogP contribution in [0.3, 0.4) is 0 Å². The van der Waals surface area contributed by atoms with Gasteiger partial charge in [-0.25, -0.2) is 8.78 Å². The molecule has 1 saturated heterocycles. The van der Waals surface area contributed by atoms with Gasteiger partial charge in [0.2, 0.25) is 5.91 Å². The van der Waals surface area contributed by atoms with Gasteiger partial charge >= 0.3 is 0 Å².